The van der Waals surface area contributed by atoms with Crippen molar-refractivity contribution in [2.75, 3.05) is 17.7 Å². The fourth-order valence-electron chi connectivity index (χ4n) is 2.27. The topological polar surface area (TPSA) is 51.1 Å². The number of hydrogen-bond acceptors (Lipinski definition) is 3. The van der Waals surface area contributed by atoms with Crippen LogP contribution in [0.5, 0.6) is 5.75 Å². The van der Waals surface area contributed by atoms with Crippen LogP contribution in [-0.4, -0.2) is 22.0 Å². The molecule has 5 nitrogen and oxygen atoms in total. The molecule has 0 saturated heterocycles. The predicted octanol–water partition coefficient (Wildman–Crippen LogP) is 3.89. The maximum Gasteiger partial charge on any atom is 0.176 e. The predicted molar refractivity (Wildman–Crippen MR) is 101 cm³/mol. The van der Waals surface area contributed by atoms with Crippen molar-refractivity contribution in [2.24, 2.45) is 0 Å². The van der Waals surface area contributed by atoms with Crippen LogP contribution in [0.3, 0.4) is 0 Å². The van der Waals surface area contributed by atoms with Crippen molar-refractivity contribution < 1.29 is 9.13 Å². The van der Waals surface area contributed by atoms with E-state index in [2.05, 4.69) is 15.7 Å². The van der Waals surface area contributed by atoms with Crippen LogP contribution in [0.15, 0.2) is 60.8 Å². The van der Waals surface area contributed by atoms with Gasteiger partial charge in [0.15, 0.2) is 10.9 Å². The molecule has 0 unspecified atom stereocenters. The first-order chi connectivity index (χ1) is 12.1. The molecule has 0 amide bonds. The molecule has 1 heterocycles. The van der Waals surface area contributed by atoms with Crippen LogP contribution in [0.2, 0.25) is 0 Å². The number of ether oxygens (including phenoxy) is 1. The van der Waals surface area contributed by atoms with Gasteiger partial charge >= 0.3 is 0 Å². The third kappa shape index (κ3) is 4.54. The normalized spacial score (nSPS) is 10.3. The average Bonchev–Trinajstić information content (AvgIpc) is 3.04. The monoisotopic (exact) mass is 356 g/mol. The lowest BCUT2D eigenvalue weighted by Gasteiger charge is -2.09. The van der Waals surface area contributed by atoms with Gasteiger partial charge in [-0.25, -0.2) is 4.39 Å². The standard InChI is InChI=1S/C18H17FN4OS/c1-24-15-8-6-14(7-9-15)20-18(25)21-17-10-11-23(22-17)12-13-4-2-3-5-16(13)19/h2-11H,12H2,1H3,(H2,20,21,22,25). The van der Waals surface area contributed by atoms with E-state index in [1.54, 1.807) is 42.3 Å². The number of aromatic nitrogens is 2. The Labute approximate surface area is 150 Å². The van der Waals surface area contributed by atoms with Crippen LogP contribution in [0.4, 0.5) is 15.9 Å². The minimum Gasteiger partial charge on any atom is -0.497 e. The summed E-state index contributed by atoms with van der Waals surface area (Å²) in [5, 5.41) is 10.8. The maximum absolute atomic E-state index is 13.7. The van der Waals surface area contributed by atoms with Crippen LogP contribution in [0.25, 0.3) is 0 Å². The number of benzene rings is 2. The molecule has 25 heavy (non-hydrogen) atoms. The van der Waals surface area contributed by atoms with Gasteiger partial charge in [0.2, 0.25) is 0 Å². The Morgan fingerprint density at radius 3 is 2.60 bits per heavy atom. The molecule has 0 aliphatic rings. The fourth-order valence-corrected chi connectivity index (χ4v) is 2.49. The van der Waals surface area contributed by atoms with Crippen molar-refractivity contribution in [3.8, 4) is 5.75 Å². The Hall–Kier alpha value is -2.93. The highest BCUT2D eigenvalue weighted by Gasteiger charge is 2.05. The fraction of sp³-hybridized carbons (Fsp3) is 0.111. The summed E-state index contributed by atoms with van der Waals surface area (Å²) in [5.74, 6) is 1.11. The molecule has 0 bridgehead atoms. The molecule has 0 saturated carbocycles. The second kappa shape index (κ2) is 7.76. The summed E-state index contributed by atoms with van der Waals surface area (Å²) in [5.41, 5.74) is 1.42. The maximum atomic E-state index is 13.7. The summed E-state index contributed by atoms with van der Waals surface area (Å²) in [7, 11) is 1.62. The van der Waals surface area contributed by atoms with Crippen LogP contribution in [0.1, 0.15) is 5.56 Å². The van der Waals surface area contributed by atoms with E-state index in [0.29, 0.717) is 23.0 Å². The molecule has 0 spiro atoms. The van der Waals surface area contributed by atoms with E-state index in [4.69, 9.17) is 17.0 Å². The number of halogens is 1. The van der Waals surface area contributed by atoms with Gasteiger partial charge in [0.1, 0.15) is 11.6 Å². The first kappa shape index (κ1) is 16.9. The third-order valence-electron chi connectivity index (χ3n) is 3.52. The van der Waals surface area contributed by atoms with E-state index in [1.165, 1.54) is 6.07 Å². The Morgan fingerprint density at radius 2 is 1.88 bits per heavy atom. The number of methoxy groups -OCH3 is 1. The summed E-state index contributed by atoms with van der Waals surface area (Å²) < 4.78 is 20.5. The lowest BCUT2D eigenvalue weighted by molar-refractivity contribution is 0.415. The molecule has 3 rings (SSSR count). The van der Waals surface area contributed by atoms with Crippen molar-refractivity contribution in [1.82, 2.24) is 9.78 Å². The molecular formula is C18H17FN4OS. The zero-order valence-corrected chi connectivity index (χ0v) is 14.4. The molecule has 0 aliphatic carbocycles. The molecule has 1 aromatic heterocycles. The number of anilines is 2. The van der Waals surface area contributed by atoms with Gasteiger partial charge in [-0.1, -0.05) is 18.2 Å². The highest BCUT2D eigenvalue weighted by Crippen LogP contribution is 2.15. The zero-order chi connectivity index (χ0) is 17.6. The Balaban J connectivity index is 1.58. The number of nitrogens with zero attached hydrogens (tertiary/aromatic N) is 2. The quantitative estimate of drug-likeness (QED) is 0.680. The van der Waals surface area contributed by atoms with Crippen molar-refractivity contribution >= 4 is 28.8 Å². The van der Waals surface area contributed by atoms with E-state index >= 15 is 0 Å². The van der Waals surface area contributed by atoms with Crippen LogP contribution in [0, 0.1) is 5.82 Å². The van der Waals surface area contributed by atoms with Gasteiger partial charge in [-0.05, 0) is 42.5 Å². The van der Waals surface area contributed by atoms with Gasteiger partial charge in [0, 0.05) is 23.5 Å². The number of hydrogen-bond donors (Lipinski definition) is 2. The number of thiocarbonyl (C=S) groups is 1. The van der Waals surface area contributed by atoms with E-state index in [-0.39, 0.29) is 5.82 Å². The second-order valence-electron chi connectivity index (χ2n) is 5.30. The van der Waals surface area contributed by atoms with Crippen molar-refractivity contribution in [3.05, 3.63) is 72.2 Å². The van der Waals surface area contributed by atoms with Crippen molar-refractivity contribution in [1.29, 1.82) is 0 Å². The first-order valence-corrected chi connectivity index (χ1v) is 8.04. The van der Waals surface area contributed by atoms with Crippen molar-refractivity contribution in [3.63, 3.8) is 0 Å². The molecular weight excluding hydrogens is 339 g/mol. The largest absolute Gasteiger partial charge is 0.497 e. The number of rotatable bonds is 5. The van der Waals surface area contributed by atoms with Crippen molar-refractivity contribution in [2.45, 2.75) is 6.54 Å². The minimum absolute atomic E-state index is 0.246. The first-order valence-electron chi connectivity index (χ1n) is 7.63. The van der Waals surface area contributed by atoms with Gasteiger partial charge in [-0.2, -0.15) is 5.10 Å². The molecule has 0 aliphatic heterocycles. The Bertz CT molecular complexity index is 864. The molecule has 0 fully saturated rings. The van der Waals surface area contributed by atoms with Gasteiger partial charge in [-0.15, -0.1) is 0 Å². The molecule has 128 valence electrons. The van der Waals surface area contributed by atoms with Gasteiger partial charge in [0.25, 0.3) is 0 Å². The summed E-state index contributed by atoms with van der Waals surface area (Å²) in [4.78, 5) is 0. The molecule has 0 atom stereocenters. The summed E-state index contributed by atoms with van der Waals surface area (Å²) >= 11 is 5.28. The summed E-state index contributed by atoms with van der Waals surface area (Å²) in [6, 6.07) is 15.8. The van der Waals surface area contributed by atoms with E-state index in [0.717, 1.165) is 11.4 Å². The molecule has 7 heteroatoms. The Morgan fingerprint density at radius 1 is 1.12 bits per heavy atom. The van der Waals surface area contributed by atoms with Crippen LogP contribution < -0.4 is 15.4 Å². The van der Waals surface area contributed by atoms with E-state index in [1.807, 2.05) is 24.3 Å². The molecule has 3 aromatic rings. The Kier molecular flexibility index (Phi) is 5.25. The summed E-state index contributed by atoms with van der Waals surface area (Å²) in [6.45, 7) is 0.354. The molecule has 2 aromatic carbocycles. The lowest BCUT2D eigenvalue weighted by Crippen LogP contribution is -2.19. The summed E-state index contributed by atoms with van der Waals surface area (Å²) in [6.07, 6.45) is 1.77. The van der Waals surface area contributed by atoms with Crippen LogP contribution in [-0.2, 0) is 6.54 Å². The minimum atomic E-state index is -0.246. The molecule has 2 N–H and O–H groups in total. The molecule has 0 radical (unpaired) electrons. The van der Waals surface area contributed by atoms with E-state index < -0.39 is 0 Å². The van der Waals surface area contributed by atoms with E-state index in [9.17, 15) is 4.39 Å². The smallest absolute Gasteiger partial charge is 0.176 e. The zero-order valence-electron chi connectivity index (χ0n) is 13.6. The third-order valence-corrected chi connectivity index (χ3v) is 3.72. The van der Waals surface area contributed by atoms with Gasteiger partial charge in [0.05, 0.1) is 13.7 Å². The number of nitrogens with one attached hydrogen (secondary N) is 2. The SMILES string of the molecule is COc1ccc(NC(=S)Nc2ccn(Cc3ccccc3F)n2)cc1. The lowest BCUT2D eigenvalue weighted by atomic mass is 10.2. The van der Waals surface area contributed by atoms with Gasteiger partial charge in [-0.3, -0.25) is 4.68 Å². The van der Waals surface area contributed by atoms with Crippen LogP contribution >= 0.6 is 12.2 Å². The second-order valence-corrected chi connectivity index (χ2v) is 5.71. The highest BCUT2D eigenvalue weighted by atomic mass is 32.1. The highest BCUT2D eigenvalue weighted by molar-refractivity contribution is 7.80. The average molecular weight is 356 g/mol. The van der Waals surface area contributed by atoms with Gasteiger partial charge < -0.3 is 15.4 Å².